The SMILES string of the molecule is [N-]=[N+]=NC[C@@H]1OC(=O)N2c3cc(F)c(N4CC5(CC(=O)C5)C4)cc3OC[C@@H]12. The van der Waals surface area contributed by atoms with Gasteiger partial charge in [0.25, 0.3) is 0 Å². The minimum atomic E-state index is -0.629. The minimum absolute atomic E-state index is 0.00273. The van der Waals surface area contributed by atoms with Crippen LogP contribution in [0.2, 0.25) is 0 Å². The number of nitrogens with zero attached hydrogens (tertiary/aromatic N) is 5. The predicted molar refractivity (Wildman–Crippen MR) is 91.3 cm³/mol. The summed E-state index contributed by atoms with van der Waals surface area (Å²) in [5.41, 5.74) is 9.21. The molecule has 1 aromatic rings. The highest BCUT2D eigenvalue weighted by Gasteiger charge is 2.53. The van der Waals surface area contributed by atoms with Crippen LogP contribution in [0.3, 0.4) is 0 Å². The number of ketones is 1. The first-order valence-electron chi connectivity index (χ1n) is 8.73. The van der Waals surface area contributed by atoms with Crippen LogP contribution in [0.5, 0.6) is 5.75 Å². The van der Waals surface area contributed by atoms with Crippen LogP contribution in [0.4, 0.5) is 20.6 Å². The van der Waals surface area contributed by atoms with Gasteiger partial charge in [-0.15, -0.1) is 0 Å². The first-order chi connectivity index (χ1) is 13.0. The number of Topliss-reactive ketones (excluding diaryl/α,β-unsaturated/α-hetero) is 1. The molecule has 1 amide bonds. The number of benzene rings is 1. The number of anilines is 2. The fourth-order valence-corrected chi connectivity index (χ4v) is 4.50. The highest BCUT2D eigenvalue weighted by molar-refractivity contribution is 5.94. The van der Waals surface area contributed by atoms with Crippen LogP contribution in [-0.2, 0) is 9.53 Å². The number of ether oxygens (including phenoxy) is 2. The lowest BCUT2D eigenvalue weighted by atomic mass is 9.62. The maximum Gasteiger partial charge on any atom is 0.415 e. The Balaban J connectivity index is 1.40. The number of hydrogen-bond acceptors (Lipinski definition) is 6. The Bertz CT molecular complexity index is 899. The van der Waals surface area contributed by atoms with Crippen molar-refractivity contribution in [2.45, 2.75) is 25.0 Å². The summed E-state index contributed by atoms with van der Waals surface area (Å²) in [6, 6.07) is 2.42. The van der Waals surface area contributed by atoms with Crippen molar-refractivity contribution in [2.24, 2.45) is 10.5 Å². The Morgan fingerprint density at radius 1 is 1.30 bits per heavy atom. The number of carbonyl (C=O) groups excluding carboxylic acids is 2. The molecule has 1 aromatic carbocycles. The average molecular weight is 373 g/mol. The number of halogens is 1. The quantitative estimate of drug-likeness (QED) is 0.459. The molecule has 10 heteroatoms. The average Bonchev–Trinajstić information content (AvgIpc) is 2.91. The largest absolute Gasteiger partial charge is 0.489 e. The van der Waals surface area contributed by atoms with E-state index in [-0.39, 0.29) is 24.3 Å². The standard InChI is InChI=1S/C17H16FN5O4/c18-10-1-12-14(2-11(10)22-7-17(8-22)3-9(24)4-17)26-6-13-15(5-20-21-19)27-16(25)23(12)13/h1-2,13,15H,3-8H2/t13-,15-/m0/s1. The molecular formula is C17H16FN5O4. The van der Waals surface area contributed by atoms with Crippen LogP contribution in [0, 0.1) is 11.2 Å². The molecule has 3 aliphatic heterocycles. The van der Waals surface area contributed by atoms with E-state index in [2.05, 4.69) is 10.0 Å². The summed E-state index contributed by atoms with van der Waals surface area (Å²) in [4.78, 5) is 29.4. The van der Waals surface area contributed by atoms with Crippen LogP contribution >= 0.6 is 0 Å². The van der Waals surface area contributed by atoms with Crippen LogP contribution in [0.1, 0.15) is 12.8 Å². The van der Waals surface area contributed by atoms with Crippen molar-refractivity contribution in [1.82, 2.24) is 0 Å². The Morgan fingerprint density at radius 2 is 2.07 bits per heavy atom. The second-order valence-electron chi connectivity index (χ2n) is 7.60. The lowest BCUT2D eigenvalue weighted by molar-refractivity contribution is -0.134. The Kier molecular flexibility index (Phi) is 3.30. The summed E-state index contributed by atoms with van der Waals surface area (Å²) in [6.07, 6.45) is -0.0951. The molecule has 5 rings (SSSR count). The third-order valence-corrected chi connectivity index (χ3v) is 5.77. The van der Waals surface area contributed by atoms with Gasteiger partial charge >= 0.3 is 6.09 Å². The van der Waals surface area contributed by atoms with E-state index in [4.69, 9.17) is 15.0 Å². The molecule has 3 heterocycles. The Morgan fingerprint density at radius 3 is 2.78 bits per heavy atom. The van der Waals surface area contributed by atoms with Crippen molar-refractivity contribution in [2.75, 3.05) is 36.0 Å². The number of cyclic esters (lactones) is 1. The van der Waals surface area contributed by atoms with Gasteiger partial charge in [0.1, 0.15) is 36.1 Å². The minimum Gasteiger partial charge on any atom is -0.489 e. The molecule has 0 N–H and O–H groups in total. The highest BCUT2D eigenvalue weighted by atomic mass is 19.1. The van der Waals surface area contributed by atoms with Crippen molar-refractivity contribution in [3.63, 3.8) is 0 Å². The van der Waals surface area contributed by atoms with Gasteiger partial charge < -0.3 is 14.4 Å². The summed E-state index contributed by atoms with van der Waals surface area (Å²) >= 11 is 0. The van der Waals surface area contributed by atoms with Crippen LogP contribution in [0.15, 0.2) is 17.2 Å². The highest BCUT2D eigenvalue weighted by Crippen LogP contribution is 2.50. The van der Waals surface area contributed by atoms with E-state index in [1.807, 2.05) is 4.90 Å². The third kappa shape index (κ3) is 2.33. The summed E-state index contributed by atoms with van der Waals surface area (Å²) in [6.45, 7) is 1.47. The monoisotopic (exact) mass is 373 g/mol. The second kappa shape index (κ2) is 5.50. The number of amides is 1. The van der Waals surface area contributed by atoms with E-state index in [9.17, 15) is 14.0 Å². The Hall–Kier alpha value is -3.00. The molecule has 2 atom stereocenters. The smallest absolute Gasteiger partial charge is 0.415 e. The molecular weight excluding hydrogens is 357 g/mol. The molecule has 1 saturated carbocycles. The van der Waals surface area contributed by atoms with Crippen molar-refractivity contribution >= 4 is 23.3 Å². The topological polar surface area (TPSA) is 108 Å². The van der Waals surface area contributed by atoms with E-state index < -0.39 is 24.1 Å². The summed E-state index contributed by atoms with van der Waals surface area (Å²) in [5.74, 6) is 0.220. The number of rotatable bonds is 3. The summed E-state index contributed by atoms with van der Waals surface area (Å²) in [5, 5.41) is 3.46. The normalized spacial score (nSPS) is 27.0. The molecule has 0 unspecified atom stereocenters. The fourth-order valence-electron chi connectivity index (χ4n) is 4.50. The molecule has 0 radical (unpaired) electrons. The van der Waals surface area contributed by atoms with E-state index >= 15 is 0 Å². The van der Waals surface area contributed by atoms with E-state index in [1.54, 1.807) is 6.07 Å². The van der Waals surface area contributed by atoms with Crippen molar-refractivity contribution in [3.8, 4) is 5.75 Å². The fraction of sp³-hybridized carbons (Fsp3) is 0.529. The number of azide groups is 1. The van der Waals surface area contributed by atoms with Gasteiger partial charge in [-0.25, -0.2) is 9.18 Å². The van der Waals surface area contributed by atoms with Crippen molar-refractivity contribution in [3.05, 3.63) is 28.4 Å². The van der Waals surface area contributed by atoms with Crippen LogP contribution < -0.4 is 14.5 Å². The van der Waals surface area contributed by atoms with E-state index in [0.29, 0.717) is 43.1 Å². The maximum atomic E-state index is 14.8. The number of carbonyl (C=O) groups is 2. The molecule has 2 saturated heterocycles. The first kappa shape index (κ1) is 16.2. The van der Waals surface area contributed by atoms with Gasteiger partial charge in [-0.1, -0.05) is 5.11 Å². The Labute approximate surface area is 153 Å². The summed E-state index contributed by atoms with van der Waals surface area (Å²) in [7, 11) is 0. The third-order valence-electron chi connectivity index (χ3n) is 5.77. The molecule has 4 aliphatic rings. The van der Waals surface area contributed by atoms with Crippen LogP contribution in [-0.4, -0.2) is 50.3 Å². The van der Waals surface area contributed by atoms with Crippen molar-refractivity contribution in [1.29, 1.82) is 0 Å². The zero-order chi connectivity index (χ0) is 18.8. The van der Waals surface area contributed by atoms with E-state index in [0.717, 1.165) is 0 Å². The van der Waals surface area contributed by atoms with Crippen LogP contribution in [0.25, 0.3) is 10.4 Å². The van der Waals surface area contributed by atoms with Gasteiger partial charge in [0.2, 0.25) is 0 Å². The molecule has 0 bridgehead atoms. The van der Waals surface area contributed by atoms with E-state index in [1.165, 1.54) is 11.0 Å². The lowest BCUT2D eigenvalue weighted by Crippen LogP contribution is -2.63. The second-order valence-corrected chi connectivity index (χ2v) is 7.60. The first-order valence-corrected chi connectivity index (χ1v) is 8.73. The molecule has 1 spiro atoms. The van der Waals surface area contributed by atoms with Gasteiger partial charge in [-0.3, -0.25) is 9.69 Å². The van der Waals surface area contributed by atoms with Gasteiger partial charge in [0.05, 0.1) is 17.9 Å². The molecule has 1 aliphatic carbocycles. The zero-order valence-electron chi connectivity index (χ0n) is 14.3. The molecule has 9 nitrogen and oxygen atoms in total. The molecule has 3 fully saturated rings. The van der Waals surface area contributed by atoms with Gasteiger partial charge in [0, 0.05) is 48.4 Å². The van der Waals surface area contributed by atoms with Gasteiger partial charge in [0.15, 0.2) is 0 Å². The summed E-state index contributed by atoms with van der Waals surface area (Å²) < 4.78 is 25.8. The van der Waals surface area contributed by atoms with Gasteiger partial charge in [-0.2, -0.15) is 0 Å². The predicted octanol–water partition coefficient (Wildman–Crippen LogP) is 2.39. The number of fused-ring (bicyclic) bond motifs is 3. The zero-order valence-corrected chi connectivity index (χ0v) is 14.3. The molecule has 140 valence electrons. The lowest BCUT2D eigenvalue weighted by Gasteiger charge is -2.55. The maximum absolute atomic E-state index is 14.8. The number of hydrogen-bond donors (Lipinski definition) is 0. The molecule has 0 aromatic heterocycles. The van der Waals surface area contributed by atoms with Gasteiger partial charge in [-0.05, 0) is 5.53 Å². The molecule has 27 heavy (non-hydrogen) atoms. The van der Waals surface area contributed by atoms with Crippen molar-refractivity contribution < 1.29 is 23.5 Å².